The van der Waals surface area contributed by atoms with Gasteiger partial charge in [0.25, 0.3) is 11.5 Å². The van der Waals surface area contributed by atoms with Gasteiger partial charge < -0.3 is 5.73 Å². The third-order valence-electron chi connectivity index (χ3n) is 4.65. The van der Waals surface area contributed by atoms with Crippen molar-refractivity contribution in [2.45, 2.75) is 17.8 Å². The lowest BCUT2D eigenvalue weighted by Crippen LogP contribution is -2.26. The minimum atomic E-state index is -3.99. The van der Waals surface area contributed by atoms with E-state index < -0.39 is 21.3 Å². The second-order valence-corrected chi connectivity index (χ2v) is 9.60. The molecule has 0 atom stereocenters. The summed E-state index contributed by atoms with van der Waals surface area (Å²) in [5.41, 5.74) is 6.21. The zero-order chi connectivity index (χ0) is 21.5. The van der Waals surface area contributed by atoms with Crippen molar-refractivity contribution in [1.82, 2.24) is 9.55 Å². The summed E-state index contributed by atoms with van der Waals surface area (Å²) >= 11 is 0.923. The molecular weight excluding hydrogens is 422 g/mol. The average molecular weight is 440 g/mol. The molecule has 2 aromatic carbocycles. The normalized spacial score (nSPS) is 11.6. The van der Waals surface area contributed by atoms with Crippen LogP contribution in [-0.4, -0.2) is 23.9 Å². The molecular formula is C21H17N3O4S2. The van der Waals surface area contributed by atoms with Crippen molar-refractivity contribution >= 4 is 37.3 Å². The number of carbonyl (C=O) groups is 1. The fourth-order valence-electron chi connectivity index (χ4n) is 3.27. The van der Waals surface area contributed by atoms with E-state index in [1.807, 2.05) is 0 Å². The van der Waals surface area contributed by atoms with Crippen molar-refractivity contribution in [1.29, 1.82) is 0 Å². The Morgan fingerprint density at radius 1 is 1.07 bits per heavy atom. The first-order chi connectivity index (χ1) is 14.3. The number of amides is 1. The number of aromatic nitrogens is 2. The molecule has 0 bridgehead atoms. The van der Waals surface area contributed by atoms with E-state index in [9.17, 15) is 18.0 Å². The van der Waals surface area contributed by atoms with Gasteiger partial charge in [-0.2, -0.15) is 0 Å². The summed E-state index contributed by atoms with van der Waals surface area (Å²) in [6.45, 7) is 1.61. The second-order valence-electron chi connectivity index (χ2n) is 6.72. The molecule has 9 heteroatoms. The Morgan fingerprint density at radius 2 is 1.67 bits per heavy atom. The van der Waals surface area contributed by atoms with Crippen LogP contribution in [0.3, 0.4) is 0 Å². The number of hydrogen-bond donors (Lipinski definition) is 1. The Labute approximate surface area is 176 Å². The molecule has 0 unspecified atom stereocenters. The Hall–Kier alpha value is -3.30. The zero-order valence-electron chi connectivity index (χ0n) is 15.9. The average Bonchev–Trinajstić information content (AvgIpc) is 3.06. The Morgan fingerprint density at radius 3 is 2.27 bits per heavy atom. The number of hydrogen-bond acceptors (Lipinski definition) is 6. The van der Waals surface area contributed by atoms with Gasteiger partial charge in [0.15, 0.2) is 0 Å². The number of thiophene rings is 1. The summed E-state index contributed by atoms with van der Waals surface area (Å²) in [6.07, 6.45) is 0. The largest absolute Gasteiger partial charge is 0.365 e. The Kier molecular flexibility index (Phi) is 5.00. The zero-order valence-corrected chi connectivity index (χ0v) is 17.5. The maximum Gasteiger partial charge on any atom is 0.267 e. The molecule has 0 aliphatic rings. The van der Waals surface area contributed by atoms with Gasteiger partial charge in [-0.15, -0.1) is 11.3 Å². The fourth-order valence-corrected chi connectivity index (χ4v) is 5.81. The van der Waals surface area contributed by atoms with E-state index in [4.69, 9.17) is 5.73 Å². The molecule has 1 amide bonds. The molecule has 4 aromatic rings. The highest BCUT2D eigenvalue weighted by Crippen LogP contribution is 2.29. The van der Waals surface area contributed by atoms with E-state index in [2.05, 4.69) is 4.98 Å². The molecule has 2 N–H and O–H groups in total. The third kappa shape index (κ3) is 3.42. The number of benzene rings is 2. The molecule has 30 heavy (non-hydrogen) atoms. The van der Waals surface area contributed by atoms with Crippen molar-refractivity contribution in [3.8, 4) is 5.69 Å². The molecule has 152 valence electrons. The molecule has 0 saturated carbocycles. The van der Waals surface area contributed by atoms with Gasteiger partial charge in [-0.05, 0) is 30.2 Å². The van der Waals surface area contributed by atoms with E-state index in [1.54, 1.807) is 67.6 Å². The predicted molar refractivity (Wildman–Crippen MR) is 116 cm³/mol. The first-order valence-corrected chi connectivity index (χ1v) is 11.4. The van der Waals surface area contributed by atoms with E-state index in [0.717, 1.165) is 15.9 Å². The molecule has 0 spiro atoms. The smallest absolute Gasteiger partial charge is 0.267 e. The summed E-state index contributed by atoms with van der Waals surface area (Å²) in [6, 6.07) is 17.1. The van der Waals surface area contributed by atoms with Crippen LogP contribution in [0.15, 0.2) is 70.6 Å². The van der Waals surface area contributed by atoms with Crippen LogP contribution in [0, 0.1) is 6.92 Å². The summed E-state index contributed by atoms with van der Waals surface area (Å²) in [5.74, 6) is -0.999. The van der Waals surface area contributed by atoms with Gasteiger partial charge in [-0.3, -0.25) is 14.2 Å². The van der Waals surface area contributed by atoms with E-state index in [1.165, 1.54) is 0 Å². The van der Waals surface area contributed by atoms with Crippen LogP contribution in [0.1, 0.15) is 20.8 Å². The number of primary amides is 1. The van der Waals surface area contributed by atoms with Gasteiger partial charge in [-0.25, -0.2) is 13.4 Å². The van der Waals surface area contributed by atoms with Crippen LogP contribution in [0.2, 0.25) is 0 Å². The van der Waals surface area contributed by atoms with Crippen molar-refractivity contribution in [3.63, 3.8) is 0 Å². The van der Waals surface area contributed by atoms with Crippen molar-refractivity contribution in [2.75, 3.05) is 0 Å². The van der Waals surface area contributed by atoms with Crippen molar-refractivity contribution in [3.05, 3.63) is 87.0 Å². The first-order valence-electron chi connectivity index (χ1n) is 8.97. The van der Waals surface area contributed by atoms with E-state index in [0.29, 0.717) is 16.8 Å². The van der Waals surface area contributed by atoms with Crippen molar-refractivity contribution in [2.24, 2.45) is 5.73 Å². The van der Waals surface area contributed by atoms with Gasteiger partial charge in [0.2, 0.25) is 15.0 Å². The molecule has 7 nitrogen and oxygen atoms in total. The van der Waals surface area contributed by atoms with Gasteiger partial charge >= 0.3 is 0 Å². The standard InChI is InChI=1S/C21H17N3O4S2/c1-13-16-19(29-17(13)18(22)25)23-21(24(20(16)26)15-10-6-3-7-11-15)30(27,28)12-14-8-4-2-5-9-14/h2-11H,12H2,1H3,(H2,22,25). The SMILES string of the molecule is Cc1c(C(N)=O)sc2nc(S(=O)(=O)Cc3ccccc3)n(-c3ccccc3)c(=O)c12. The number of aryl methyl sites for hydroxylation is 1. The summed E-state index contributed by atoms with van der Waals surface area (Å²) in [4.78, 5) is 29.9. The molecule has 2 aromatic heterocycles. The lowest BCUT2D eigenvalue weighted by Gasteiger charge is -2.13. The topological polar surface area (TPSA) is 112 Å². The van der Waals surface area contributed by atoms with E-state index in [-0.39, 0.29) is 26.0 Å². The minimum Gasteiger partial charge on any atom is -0.365 e. The van der Waals surface area contributed by atoms with Gasteiger partial charge in [0.05, 0.1) is 21.7 Å². The van der Waals surface area contributed by atoms with Gasteiger partial charge in [0, 0.05) is 0 Å². The summed E-state index contributed by atoms with van der Waals surface area (Å²) in [5, 5.41) is -0.177. The first kappa shape index (κ1) is 20.0. The highest BCUT2D eigenvalue weighted by molar-refractivity contribution is 7.90. The molecule has 0 aliphatic heterocycles. The Bertz CT molecular complexity index is 1420. The molecule has 0 aliphatic carbocycles. The van der Waals surface area contributed by atoms with Crippen LogP contribution in [0.5, 0.6) is 0 Å². The van der Waals surface area contributed by atoms with Crippen LogP contribution >= 0.6 is 11.3 Å². The second kappa shape index (κ2) is 7.51. The third-order valence-corrected chi connectivity index (χ3v) is 7.39. The number of sulfone groups is 1. The van der Waals surface area contributed by atoms with Gasteiger partial charge in [-0.1, -0.05) is 48.5 Å². The highest BCUT2D eigenvalue weighted by atomic mass is 32.2. The molecule has 0 saturated heterocycles. The predicted octanol–water partition coefficient (Wildman–Crippen LogP) is 2.83. The highest BCUT2D eigenvalue weighted by Gasteiger charge is 2.27. The molecule has 0 fully saturated rings. The van der Waals surface area contributed by atoms with Gasteiger partial charge in [0.1, 0.15) is 4.83 Å². The lowest BCUT2D eigenvalue weighted by molar-refractivity contribution is 0.100. The number of nitrogens with two attached hydrogens (primary N) is 1. The summed E-state index contributed by atoms with van der Waals surface area (Å²) < 4.78 is 27.7. The molecule has 2 heterocycles. The number of rotatable bonds is 5. The fraction of sp³-hybridized carbons (Fsp3) is 0.0952. The summed E-state index contributed by atoms with van der Waals surface area (Å²) in [7, 11) is -3.99. The number of nitrogens with zero attached hydrogens (tertiary/aromatic N) is 2. The van der Waals surface area contributed by atoms with Crippen LogP contribution in [0.4, 0.5) is 0 Å². The number of carbonyl (C=O) groups excluding carboxylic acids is 1. The van der Waals surface area contributed by atoms with Crippen LogP contribution < -0.4 is 11.3 Å². The maximum atomic E-state index is 13.4. The van der Waals surface area contributed by atoms with Crippen molar-refractivity contribution < 1.29 is 13.2 Å². The Balaban J connectivity index is 2.05. The molecule has 0 radical (unpaired) electrons. The monoisotopic (exact) mass is 439 g/mol. The number of fused-ring (bicyclic) bond motifs is 1. The van der Waals surface area contributed by atoms with Crippen LogP contribution in [-0.2, 0) is 15.6 Å². The van der Waals surface area contributed by atoms with E-state index >= 15 is 0 Å². The maximum absolute atomic E-state index is 13.4. The van der Waals surface area contributed by atoms with Crippen LogP contribution in [0.25, 0.3) is 15.9 Å². The molecule has 4 rings (SSSR count). The minimum absolute atomic E-state index is 0.171. The quantitative estimate of drug-likeness (QED) is 0.481. The lowest BCUT2D eigenvalue weighted by atomic mass is 10.2. The number of para-hydroxylation sites is 1.